The first-order valence-electron chi connectivity index (χ1n) is 5.71. The third kappa shape index (κ3) is 4.02. The molecule has 0 fully saturated rings. The molecule has 1 amide bonds. The quantitative estimate of drug-likeness (QED) is 0.873. The van der Waals surface area contributed by atoms with E-state index in [0.717, 1.165) is 12.1 Å². The van der Waals surface area contributed by atoms with Crippen molar-refractivity contribution in [3.05, 3.63) is 34.9 Å². The van der Waals surface area contributed by atoms with Crippen molar-refractivity contribution in [1.29, 1.82) is 0 Å². The molecule has 0 saturated heterocycles. The summed E-state index contributed by atoms with van der Waals surface area (Å²) in [6.45, 7) is 3.41. The average Bonchev–Trinajstić information content (AvgIpc) is 2.34. The molecule has 1 aromatic rings. The first kappa shape index (κ1) is 14.0. The maximum absolute atomic E-state index is 12.1. The van der Waals surface area contributed by atoms with Crippen molar-refractivity contribution in [3.8, 4) is 0 Å². The Kier molecular flexibility index (Phi) is 5.45. The van der Waals surface area contributed by atoms with Gasteiger partial charge < -0.3 is 10.2 Å². The van der Waals surface area contributed by atoms with Crippen LogP contribution in [0.15, 0.2) is 24.3 Å². The molecule has 0 spiro atoms. The number of rotatable bonds is 5. The molecular weight excluding hydrogens is 236 g/mol. The van der Waals surface area contributed by atoms with Gasteiger partial charge in [-0.3, -0.25) is 4.79 Å². The van der Waals surface area contributed by atoms with Gasteiger partial charge in [-0.25, -0.2) is 0 Å². The van der Waals surface area contributed by atoms with Gasteiger partial charge in [-0.15, -0.1) is 0 Å². The minimum atomic E-state index is -0.157. The zero-order chi connectivity index (χ0) is 12.8. The molecule has 0 aliphatic rings. The fraction of sp³-hybridized carbons (Fsp3) is 0.462. The van der Waals surface area contributed by atoms with Crippen LogP contribution in [0.3, 0.4) is 0 Å². The number of nitrogens with zero attached hydrogens (tertiary/aromatic N) is 1. The second kappa shape index (κ2) is 6.62. The first-order valence-corrected chi connectivity index (χ1v) is 6.09. The molecule has 1 atom stereocenters. The van der Waals surface area contributed by atoms with E-state index in [9.17, 15) is 4.79 Å². The largest absolute Gasteiger partial charge is 0.344 e. The molecule has 3 nitrogen and oxygen atoms in total. The summed E-state index contributed by atoms with van der Waals surface area (Å²) in [5, 5.41) is 3.69. The molecule has 0 saturated carbocycles. The third-order valence-corrected chi connectivity index (χ3v) is 3.03. The van der Waals surface area contributed by atoms with Crippen molar-refractivity contribution in [2.24, 2.45) is 0 Å². The average molecular weight is 255 g/mol. The van der Waals surface area contributed by atoms with E-state index < -0.39 is 0 Å². The summed E-state index contributed by atoms with van der Waals surface area (Å²) in [7, 11) is 3.69. The Labute approximate surface area is 108 Å². The van der Waals surface area contributed by atoms with Crippen LogP contribution in [0.25, 0.3) is 0 Å². The van der Waals surface area contributed by atoms with E-state index in [2.05, 4.69) is 5.32 Å². The molecule has 0 aromatic heterocycles. The summed E-state index contributed by atoms with van der Waals surface area (Å²) >= 11 is 5.92. The Balaban J connectivity index is 2.69. The Hall–Kier alpha value is -1.06. The number of halogens is 1. The van der Waals surface area contributed by atoms with E-state index in [-0.39, 0.29) is 11.8 Å². The van der Waals surface area contributed by atoms with Crippen LogP contribution in [0.5, 0.6) is 0 Å². The summed E-state index contributed by atoms with van der Waals surface area (Å²) < 4.78 is 0. The van der Waals surface area contributed by atoms with E-state index in [1.165, 1.54) is 0 Å². The summed E-state index contributed by atoms with van der Waals surface area (Å²) in [4.78, 5) is 13.9. The maximum Gasteiger partial charge on any atom is 0.229 e. The van der Waals surface area contributed by atoms with Crippen LogP contribution in [0.1, 0.15) is 18.4 Å². The van der Waals surface area contributed by atoms with Crippen LogP contribution in [-0.2, 0) is 4.79 Å². The van der Waals surface area contributed by atoms with Crippen LogP contribution in [0.2, 0.25) is 5.02 Å². The smallest absolute Gasteiger partial charge is 0.229 e. The van der Waals surface area contributed by atoms with Crippen molar-refractivity contribution in [2.75, 3.05) is 27.2 Å². The SMILES string of the molecule is CNCCN(C)C(=O)C(C)c1cccc(Cl)c1. The first-order chi connectivity index (χ1) is 8.06. The van der Waals surface area contributed by atoms with Gasteiger partial charge in [0.25, 0.3) is 0 Å². The molecule has 1 unspecified atom stereocenters. The molecule has 17 heavy (non-hydrogen) atoms. The third-order valence-electron chi connectivity index (χ3n) is 2.79. The van der Waals surface area contributed by atoms with Crippen LogP contribution >= 0.6 is 11.6 Å². The molecular formula is C13H19ClN2O. The molecule has 1 N–H and O–H groups in total. The molecule has 0 aliphatic carbocycles. The zero-order valence-electron chi connectivity index (χ0n) is 10.5. The maximum atomic E-state index is 12.1. The Morgan fingerprint density at radius 1 is 1.53 bits per heavy atom. The van der Waals surface area contributed by atoms with Crippen molar-refractivity contribution in [3.63, 3.8) is 0 Å². The Morgan fingerprint density at radius 3 is 2.82 bits per heavy atom. The number of amides is 1. The van der Waals surface area contributed by atoms with Crippen LogP contribution in [0, 0.1) is 0 Å². The van der Waals surface area contributed by atoms with Gasteiger partial charge in [0.2, 0.25) is 5.91 Å². The number of benzene rings is 1. The summed E-state index contributed by atoms with van der Waals surface area (Å²) in [6.07, 6.45) is 0. The highest BCUT2D eigenvalue weighted by Crippen LogP contribution is 2.20. The number of likely N-dealkylation sites (N-methyl/N-ethyl adjacent to an activating group) is 2. The lowest BCUT2D eigenvalue weighted by molar-refractivity contribution is -0.131. The van der Waals surface area contributed by atoms with Crippen LogP contribution in [0.4, 0.5) is 0 Å². The highest BCUT2D eigenvalue weighted by atomic mass is 35.5. The van der Waals surface area contributed by atoms with E-state index in [4.69, 9.17) is 11.6 Å². The van der Waals surface area contributed by atoms with Crippen LogP contribution < -0.4 is 5.32 Å². The highest BCUT2D eigenvalue weighted by Gasteiger charge is 2.18. The number of hydrogen-bond acceptors (Lipinski definition) is 2. The van der Waals surface area contributed by atoms with Crippen molar-refractivity contribution < 1.29 is 4.79 Å². The number of carbonyl (C=O) groups excluding carboxylic acids is 1. The number of hydrogen-bond donors (Lipinski definition) is 1. The molecule has 1 rings (SSSR count). The van der Waals surface area contributed by atoms with Gasteiger partial charge in [-0.2, -0.15) is 0 Å². The molecule has 1 aromatic carbocycles. The topological polar surface area (TPSA) is 32.3 Å². The fourth-order valence-corrected chi connectivity index (χ4v) is 1.84. The lowest BCUT2D eigenvalue weighted by atomic mass is 10.00. The van der Waals surface area contributed by atoms with Gasteiger partial charge in [0.15, 0.2) is 0 Å². The second-order valence-electron chi connectivity index (χ2n) is 4.14. The predicted octanol–water partition coefficient (Wildman–Crippen LogP) is 2.12. The standard InChI is InChI=1S/C13H19ClN2O/c1-10(11-5-4-6-12(14)9-11)13(17)16(3)8-7-15-2/h4-6,9-10,15H,7-8H2,1-3H3. The minimum absolute atomic E-state index is 0.113. The Morgan fingerprint density at radius 2 is 2.24 bits per heavy atom. The fourth-order valence-electron chi connectivity index (χ4n) is 1.64. The lowest BCUT2D eigenvalue weighted by Crippen LogP contribution is -2.35. The van der Waals surface area contributed by atoms with Crippen molar-refractivity contribution in [1.82, 2.24) is 10.2 Å². The van der Waals surface area contributed by atoms with Gasteiger partial charge in [0.1, 0.15) is 0 Å². The second-order valence-corrected chi connectivity index (χ2v) is 4.58. The molecule has 0 heterocycles. The zero-order valence-corrected chi connectivity index (χ0v) is 11.3. The molecule has 4 heteroatoms. The number of nitrogens with one attached hydrogen (secondary N) is 1. The molecule has 0 aliphatic heterocycles. The molecule has 94 valence electrons. The van der Waals surface area contributed by atoms with E-state index in [1.807, 2.05) is 45.3 Å². The van der Waals surface area contributed by atoms with Gasteiger partial charge >= 0.3 is 0 Å². The predicted molar refractivity (Wildman–Crippen MR) is 71.4 cm³/mol. The van der Waals surface area contributed by atoms with E-state index in [0.29, 0.717) is 11.6 Å². The van der Waals surface area contributed by atoms with Crippen molar-refractivity contribution >= 4 is 17.5 Å². The summed E-state index contributed by atoms with van der Waals surface area (Å²) in [5.74, 6) is -0.0435. The van der Waals surface area contributed by atoms with Crippen LogP contribution in [-0.4, -0.2) is 38.0 Å². The van der Waals surface area contributed by atoms with E-state index >= 15 is 0 Å². The number of carbonyl (C=O) groups is 1. The summed E-state index contributed by atoms with van der Waals surface area (Å²) in [6, 6.07) is 7.46. The minimum Gasteiger partial charge on any atom is -0.344 e. The molecule has 0 bridgehead atoms. The van der Waals surface area contributed by atoms with Gasteiger partial charge in [-0.1, -0.05) is 23.7 Å². The normalized spacial score (nSPS) is 12.2. The Bertz CT molecular complexity index is 381. The monoisotopic (exact) mass is 254 g/mol. The summed E-state index contributed by atoms with van der Waals surface area (Å²) in [5.41, 5.74) is 0.957. The van der Waals surface area contributed by atoms with Gasteiger partial charge in [0.05, 0.1) is 5.92 Å². The van der Waals surface area contributed by atoms with E-state index in [1.54, 1.807) is 4.90 Å². The molecule has 0 radical (unpaired) electrons. The van der Waals surface area contributed by atoms with Crippen molar-refractivity contribution in [2.45, 2.75) is 12.8 Å². The van der Waals surface area contributed by atoms with Gasteiger partial charge in [-0.05, 0) is 31.7 Å². The van der Waals surface area contributed by atoms with Gasteiger partial charge in [0, 0.05) is 25.2 Å². The highest BCUT2D eigenvalue weighted by molar-refractivity contribution is 6.30. The lowest BCUT2D eigenvalue weighted by Gasteiger charge is -2.21.